The Morgan fingerprint density at radius 3 is 2.65 bits per heavy atom. The lowest BCUT2D eigenvalue weighted by Gasteiger charge is -2.29. The average Bonchev–Trinajstić information content (AvgIpc) is 2.87. The van der Waals surface area contributed by atoms with E-state index in [1.165, 1.54) is 38.5 Å². The molecule has 1 unspecified atom stereocenters. The second kappa shape index (κ2) is 5.46. The van der Waals surface area contributed by atoms with Crippen LogP contribution in [0.3, 0.4) is 0 Å². The van der Waals surface area contributed by atoms with E-state index in [0.29, 0.717) is 6.10 Å². The second-order valence-electron chi connectivity index (χ2n) is 6.37. The van der Waals surface area contributed by atoms with Crippen LogP contribution in [0.1, 0.15) is 58.8 Å². The average molecular weight is 260 g/mol. The number of nitrogens with one attached hydrogen (secondary N) is 1. The Morgan fingerprint density at radius 2 is 2.00 bits per heavy atom. The lowest BCUT2D eigenvalue weighted by molar-refractivity contribution is -0.0370. The van der Waals surface area contributed by atoms with Gasteiger partial charge in [-0.05, 0) is 46.0 Å². The predicted octanol–water partition coefficient (Wildman–Crippen LogP) is 3.48. The topological polar surface area (TPSA) is 21.3 Å². The molecule has 1 saturated carbocycles. The molecular weight excluding hydrogens is 234 g/mol. The van der Waals surface area contributed by atoms with Gasteiger partial charge in [0.2, 0.25) is 0 Å². The summed E-state index contributed by atoms with van der Waals surface area (Å²) < 4.78 is 6.29. The van der Waals surface area contributed by atoms with E-state index in [1.807, 2.05) is 0 Å². The molecule has 0 bridgehead atoms. The van der Waals surface area contributed by atoms with Crippen molar-refractivity contribution in [1.29, 1.82) is 0 Å². The summed E-state index contributed by atoms with van der Waals surface area (Å²) in [5.74, 6) is 0.718. The van der Waals surface area contributed by atoms with Gasteiger partial charge in [0.15, 0.2) is 0 Å². The van der Waals surface area contributed by atoms with Crippen LogP contribution >= 0.6 is 11.6 Å². The van der Waals surface area contributed by atoms with Crippen LogP contribution < -0.4 is 5.32 Å². The van der Waals surface area contributed by atoms with Crippen molar-refractivity contribution in [2.75, 3.05) is 12.4 Å². The smallest absolute Gasteiger partial charge is 0.0708 e. The van der Waals surface area contributed by atoms with E-state index in [4.69, 9.17) is 16.3 Å². The van der Waals surface area contributed by atoms with E-state index in [1.54, 1.807) is 0 Å². The van der Waals surface area contributed by atoms with Gasteiger partial charge < -0.3 is 10.1 Å². The molecule has 0 aromatic rings. The molecule has 3 heteroatoms. The van der Waals surface area contributed by atoms with Gasteiger partial charge in [-0.1, -0.05) is 12.8 Å². The van der Waals surface area contributed by atoms with Crippen molar-refractivity contribution in [2.24, 2.45) is 0 Å². The molecule has 2 rings (SSSR count). The molecule has 1 aliphatic heterocycles. The third-order valence-corrected chi connectivity index (χ3v) is 4.57. The number of hydrogen-bond acceptors (Lipinski definition) is 2. The first kappa shape index (κ1) is 13.6. The van der Waals surface area contributed by atoms with Crippen molar-refractivity contribution in [3.05, 3.63) is 0 Å². The van der Waals surface area contributed by atoms with Crippen LogP contribution in [0.25, 0.3) is 0 Å². The van der Waals surface area contributed by atoms with Gasteiger partial charge in [-0.25, -0.2) is 0 Å². The van der Waals surface area contributed by atoms with Crippen LogP contribution in [-0.4, -0.2) is 29.7 Å². The molecule has 1 aliphatic carbocycles. The van der Waals surface area contributed by atoms with E-state index < -0.39 is 0 Å². The molecule has 1 spiro atoms. The standard InChI is InChI=1S/C14H26ClNO/c1-13(2,9-10-15)16-11-12-5-8-14(17-12)6-3-4-7-14/h12,16H,3-11H2,1-2H3. The van der Waals surface area contributed by atoms with Crippen molar-refractivity contribution in [3.63, 3.8) is 0 Å². The number of hydrogen-bond donors (Lipinski definition) is 1. The lowest BCUT2D eigenvalue weighted by Crippen LogP contribution is -2.44. The Balaban J connectivity index is 1.74. The maximum absolute atomic E-state index is 6.29. The van der Waals surface area contributed by atoms with Gasteiger partial charge in [0, 0.05) is 18.0 Å². The largest absolute Gasteiger partial charge is 0.370 e. The van der Waals surface area contributed by atoms with E-state index in [2.05, 4.69) is 19.2 Å². The minimum atomic E-state index is 0.135. The van der Waals surface area contributed by atoms with E-state index in [9.17, 15) is 0 Å². The highest BCUT2D eigenvalue weighted by molar-refractivity contribution is 6.17. The summed E-state index contributed by atoms with van der Waals surface area (Å²) in [6.07, 6.45) is 9.22. The molecule has 1 atom stereocenters. The van der Waals surface area contributed by atoms with Gasteiger partial charge in [-0.3, -0.25) is 0 Å². The predicted molar refractivity (Wildman–Crippen MR) is 72.7 cm³/mol. The molecule has 2 nitrogen and oxygen atoms in total. The van der Waals surface area contributed by atoms with Crippen molar-refractivity contribution in [2.45, 2.75) is 76.0 Å². The molecule has 100 valence electrons. The van der Waals surface area contributed by atoms with E-state index in [0.717, 1.165) is 18.8 Å². The summed E-state index contributed by atoms with van der Waals surface area (Å²) >= 11 is 5.81. The molecule has 1 saturated heterocycles. The quantitative estimate of drug-likeness (QED) is 0.764. The molecule has 0 aromatic heterocycles. The highest BCUT2D eigenvalue weighted by Gasteiger charge is 2.42. The fourth-order valence-electron chi connectivity index (χ4n) is 3.14. The lowest BCUT2D eigenvalue weighted by atomic mass is 9.98. The maximum atomic E-state index is 6.29. The summed E-state index contributed by atoms with van der Waals surface area (Å²) in [5.41, 5.74) is 0.402. The third-order valence-electron chi connectivity index (χ3n) is 4.38. The van der Waals surface area contributed by atoms with Gasteiger partial charge in [0.1, 0.15) is 0 Å². The number of alkyl halides is 1. The highest BCUT2D eigenvalue weighted by atomic mass is 35.5. The summed E-state index contributed by atoms with van der Waals surface area (Å²) in [6.45, 7) is 5.41. The Hall–Kier alpha value is 0.210. The van der Waals surface area contributed by atoms with E-state index >= 15 is 0 Å². The first-order valence-electron chi connectivity index (χ1n) is 7.04. The zero-order valence-electron chi connectivity index (χ0n) is 11.2. The molecular formula is C14H26ClNO. The Labute approximate surface area is 110 Å². The first-order valence-corrected chi connectivity index (χ1v) is 7.58. The summed E-state index contributed by atoms with van der Waals surface area (Å²) in [7, 11) is 0. The molecule has 1 heterocycles. The zero-order chi connectivity index (χ0) is 12.4. The molecule has 0 amide bonds. The number of ether oxygens (including phenoxy) is 1. The van der Waals surface area contributed by atoms with Gasteiger partial charge in [0.25, 0.3) is 0 Å². The highest BCUT2D eigenvalue weighted by Crippen LogP contribution is 2.43. The van der Waals surface area contributed by atoms with Gasteiger partial charge in [-0.15, -0.1) is 11.6 Å². The normalized spacial score (nSPS) is 28.1. The molecule has 2 aliphatic rings. The van der Waals surface area contributed by atoms with Crippen LogP contribution in [0.4, 0.5) is 0 Å². The van der Waals surface area contributed by atoms with E-state index in [-0.39, 0.29) is 11.1 Å². The molecule has 1 N–H and O–H groups in total. The third kappa shape index (κ3) is 3.59. The summed E-state index contributed by atoms with van der Waals surface area (Å²) in [5, 5.41) is 3.60. The minimum Gasteiger partial charge on any atom is -0.370 e. The van der Waals surface area contributed by atoms with Crippen LogP contribution in [0.5, 0.6) is 0 Å². The van der Waals surface area contributed by atoms with Crippen LogP contribution in [-0.2, 0) is 4.74 Å². The monoisotopic (exact) mass is 259 g/mol. The zero-order valence-corrected chi connectivity index (χ0v) is 12.0. The number of rotatable bonds is 5. The van der Waals surface area contributed by atoms with Gasteiger partial charge in [-0.2, -0.15) is 0 Å². The van der Waals surface area contributed by atoms with Crippen LogP contribution in [0, 0.1) is 0 Å². The van der Waals surface area contributed by atoms with Crippen molar-refractivity contribution in [1.82, 2.24) is 5.32 Å². The van der Waals surface area contributed by atoms with Crippen molar-refractivity contribution >= 4 is 11.6 Å². The Bertz CT molecular complexity index is 249. The van der Waals surface area contributed by atoms with Crippen molar-refractivity contribution < 1.29 is 4.74 Å². The fourth-order valence-corrected chi connectivity index (χ4v) is 3.61. The fraction of sp³-hybridized carbons (Fsp3) is 1.00. The molecule has 2 fully saturated rings. The summed E-state index contributed by atoms with van der Waals surface area (Å²) in [4.78, 5) is 0. The van der Waals surface area contributed by atoms with Gasteiger partial charge in [0.05, 0.1) is 11.7 Å². The molecule has 17 heavy (non-hydrogen) atoms. The summed E-state index contributed by atoms with van der Waals surface area (Å²) in [6, 6.07) is 0. The molecule has 0 aromatic carbocycles. The maximum Gasteiger partial charge on any atom is 0.0708 e. The second-order valence-corrected chi connectivity index (χ2v) is 6.75. The van der Waals surface area contributed by atoms with Gasteiger partial charge >= 0.3 is 0 Å². The van der Waals surface area contributed by atoms with Crippen LogP contribution in [0.2, 0.25) is 0 Å². The van der Waals surface area contributed by atoms with Crippen LogP contribution in [0.15, 0.2) is 0 Å². The number of halogens is 1. The Morgan fingerprint density at radius 1 is 1.29 bits per heavy atom. The molecule has 0 radical (unpaired) electrons. The SMILES string of the molecule is CC(C)(CCCl)NCC1CCC2(CCCC2)O1. The van der Waals surface area contributed by atoms with Crippen molar-refractivity contribution in [3.8, 4) is 0 Å². The first-order chi connectivity index (χ1) is 8.05. The minimum absolute atomic E-state index is 0.135. The Kier molecular flexibility index (Phi) is 4.38.